The first-order chi connectivity index (χ1) is 12.0. The third-order valence-corrected chi connectivity index (χ3v) is 4.69. The van der Waals surface area contributed by atoms with Crippen molar-refractivity contribution in [2.24, 2.45) is 0 Å². The van der Waals surface area contributed by atoms with Crippen LogP contribution in [0.15, 0.2) is 58.2 Å². The number of nitrogens with one attached hydrogen (secondary N) is 1. The molecule has 2 aromatic carbocycles. The summed E-state index contributed by atoms with van der Waals surface area (Å²) in [4.78, 5) is 16.5. The predicted molar refractivity (Wildman–Crippen MR) is 97.6 cm³/mol. The minimum atomic E-state index is -2.60. The molecular formula is C17H14BrF2N3OS. The Kier molecular flexibility index (Phi) is 5.70. The van der Waals surface area contributed by atoms with Crippen molar-refractivity contribution in [2.45, 2.75) is 24.0 Å². The summed E-state index contributed by atoms with van der Waals surface area (Å²) in [6.07, 6.45) is 0. The molecule has 8 heteroatoms. The lowest BCUT2D eigenvalue weighted by atomic mass is 10.2. The number of nitrogens with zero attached hydrogens (tertiary/aromatic N) is 2. The van der Waals surface area contributed by atoms with Crippen LogP contribution in [0.2, 0.25) is 0 Å². The number of aromatic nitrogens is 2. The van der Waals surface area contributed by atoms with Crippen molar-refractivity contribution in [3.05, 3.63) is 58.6 Å². The second kappa shape index (κ2) is 7.97. The summed E-state index contributed by atoms with van der Waals surface area (Å²) in [5.41, 5.74) is 2.19. The standard InChI is InChI=1S/C17H14BrF2N3OS/c18-12-5-3-4-11(8-12)9-21-15(24)10-23-14-7-2-1-6-13(14)22-17(23)25-16(19)20/h1-8,16H,9-10H2,(H,21,24). The summed E-state index contributed by atoms with van der Waals surface area (Å²) in [5.74, 6) is -2.86. The highest BCUT2D eigenvalue weighted by Gasteiger charge is 2.17. The van der Waals surface area contributed by atoms with Crippen molar-refractivity contribution < 1.29 is 13.6 Å². The predicted octanol–water partition coefficient (Wildman–Crippen LogP) is 4.43. The first-order valence-electron chi connectivity index (χ1n) is 7.44. The number of halogens is 3. The van der Waals surface area contributed by atoms with E-state index in [-0.39, 0.29) is 17.6 Å². The van der Waals surface area contributed by atoms with E-state index in [1.807, 2.05) is 24.3 Å². The first kappa shape index (κ1) is 17.9. The van der Waals surface area contributed by atoms with Crippen molar-refractivity contribution in [2.75, 3.05) is 0 Å². The Balaban J connectivity index is 1.75. The van der Waals surface area contributed by atoms with E-state index in [2.05, 4.69) is 26.2 Å². The number of carbonyl (C=O) groups excluding carboxylic acids is 1. The molecule has 0 aliphatic heterocycles. The Morgan fingerprint density at radius 3 is 2.80 bits per heavy atom. The van der Waals surface area contributed by atoms with Crippen LogP contribution in [0.4, 0.5) is 8.78 Å². The third kappa shape index (κ3) is 4.58. The largest absolute Gasteiger partial charge is 0.350 e. The zero-order valence-corrected chi connectivity index (χ0v) is 15.4. The molecule has 0 radical (unpaired) electrons. The van der Waals surface area contributed by atoms with Gasteiger partial charge in [0.05, 0.1) is 11.0 Å². The molecule has 3 aromatic rings. The van der Waals surface area contributed by atoms with Gasteiger partial charge in [0.25, 0.3) is 5.76 Å². The van der Waals surface area contributed by atoms with Gasteiger partial charge in [0.2, 0.25) is 5.91 Å². The molecular weight excluding hydrogens is 412 g/mol. The number of carbonyl (C=O) groups is 1. The van der Waals surface area contributed by atoms with E-state index in [4.69, 9.17) is 0 Å². The Hall–Kier alpha value is -1.93. The normalized spacial score (nSPS) is 11.2. The highest BCUT2D eigenvalue weighted by atomic mass is 79.9. The van der Waals surface area contributed by atoms with Crippen LogP contribution in [-0.4, -0.2) is 21.2 Å². The van der Waals surface area contributed by atoms with Gasteiger partial charge in [0.15, 0.2) is 5.16 Å². The van der Waals surface area contributed by atoms with Crippen LogP contribution in [0.25, 0.3) is 11.0 Å². The van der Waals surface area contributed by atoms with E-state index in [1.54, 1.807) is 24.3 Å². The van der Waals surface area contributed by atoms with Crippen LogP contribution in [0.5, 0.6) is 0 Å². The monoisotopic (exact) mass is 425 g/mol. The van der Waals surface area contributed by atoms with Gasteiger partial charge in [-0.25, -0.2) is 4.98 Å². The summed E-state index contributed by atoms with van der Waals surface area (Å²) in [6, 6.07) is 14.7. The SMILES string of the molecule is O=C(Cn1c(SC(F)F)nc2ccccc21)NCc1cccc(Br)c1. The molecule has 0 aliphatic carbocycles. The fourth-order valence-electron chi connectivity index (χ4n) is 2.42. The van der Waals surface area contributed by atoms with Crippen LogP contribution in [-0.2, 0) is 17.9 Å². The molecule has 0 saturated carbocycles. The molecule has 25 heavy (non-hydrogen) atoms. The maximum absolute atomic E-state index is 12.8. The van der Waals surface area contributed by atoms with Gasteiger partial charge in [0.1, 0.15) is 6.54 Å². The molecule has 4 nitrogen and oxygen atoms in total. The van der Waals surface area contributed by atoms with Gasteiger partial charge in [-0.1, -0.05) is 40.2 Å². The molecule has 0 spiro atoms. The van der Waals surface area contributed by atoms with Crippen molar-refractivity contribution >= 4 is 44.6 Å². The molecule has 1 amide bonds. The smallest absolute Gasteiger partial charge is 0.291 e. The average Bonchev–Trinajstić information content (AvgIpc) is 2.90. The second-order valence-corrected chi connectivity index (χ2v) is 7.13. The number of hydrogen-bond donors (Lipinski definition) is 1. The highest BCUT2D eigenvalue weighted by Crippen LogP contribution is 2.28. The summed E-state index contributed by atoms with van der Waals surface area (Å²) in [6.45, 7) is 0.297. The molecule has 0 atom stereocenters. The van der Waals surface area contributed by atoms with Crippen molar-refractivity contribution in [3.8, 4) is 0 Å². The molecule has 1 aromatic heterocycles. The number of fused-ring (bicyclic) bond motifs is 1. The lowest BCUT2D eigenvalue weighted by Crippen LogP contribution is -2.27. The van der Waals surface area contributed by atoms with Crippen LogP contribution >= 0.6 is 27.7 Å². The van der Waals surface area contributed by atoms with Crippen LogP contribution in [0.1, 0.15) is 5.56 Å². The van der Waals surface area contributed by atoms with Gasteiger partial charge >= 0.3 is 0 Å². The Morgan fingerprint density at radius 2 is 2.04 bits per heavy atom. The number of para-hydroxylation sites is 2. The summed E-state index contributed by atoms with van der Waals surface area (Å²) in [5, 5.41) is 2.94. The number of rotatable bonds is 6. The topological polar surface area (TPSA) is 46.9 Å². The molecule has 1 heterocycles. The van der Waals surface area contributed by atoms with E-state index < -0.39 is 5.76 Å². The van der Waals surface area contributed by atoms with Gasteiger partial charge in [-0.2, -0.15) is 8.78 Å². The van der Waals surface area contributed by atoms with Gasteiger partial charge in [-0.05, 0) is 41.6 Å². The van der Waals surface area contributed by atoms with E-state index >= 15 is 0 Å². The van der Waals surface area contributed by atoms with Crippen LogP contribution in [0.3, 0.4) is 0 Å². The Bertz CT molecular complexity index is 900. The van der Waals surface area contributed by atoms with Crippen molar-refractivity contribution in [3.63, 3.8) is 0 Å². The maximum atomic E-state index is 12.8. The summed E-state index contributed by atoms with van der Waals surface area (Å²) in [7, 11) is 0. The average molecular weight is 426 g/mol. The van der Waals surface area contributed by atoms with Crippen molar-refractivity contribution in [1.82, 2.24) is 14.9 Å². The molecule has 0 fully saturated rings. The lowest BCUT2D eigenvalue weighted by molar-refractivity contribution is -0.121. The second-order valence-electron chi connectivity index (χ2n) is 5.25. The van der Waals surface area contributed by atoms with E-state index in [1.165, 1.54) is 4.57 Å². The molecule has 0 bridgehead atoms. The zero-order valence-electron chi connectivity index (χ0n) is 13.0. The number of benzene rings is 2. The molecule has 0 aliphatic rings. The summed E-state index contributed by atoms with van der Waals surface area (Å²) < 4.78 is 28.0. The minimum absolute atomic E-state index is 0.0659. The third-order valence-electron chi connectivity index (χ3n) is 3.49. The van der Waals surface area contributed by atoms with Crippen molar-refractivity contribution in [1.29, 1.82) is 0 Å². The number of thioether (sulfide) groups is 1. The fraction of sp³-hybridized carbons (Fsp3) is 0.176. The minimum Gasteiger partial charge on any atom is -0.350 e. The van der Waals surface area contributed by atoms with Gasteiger partial charge < -0.3 is 9.88 Å². The van der Waals surface area contributed by atoms with E-state index in [9.17, 15) is 13.6 Å². The Morgan fingerprint density at radius 1 is 1.24 bits per heavy atom. The quantitative estimate of drug-likeness (QED) is 0.594. The van der Waals surface area contributed by atoms with E-state index in [0.717, 1.165) is 10.0 Å². The van der Waals surface area contributed by atoms with Gasteiger partial charge in [-0.3, -0.25) is 4.79 Å². The number of imidazole rings is 1. The van der Waals surface area contributed by atoms with E-state index in [0.29, 0.717) is 29.3 Å². The highest BCUT2D eigenvalue weighted by molar-refractivity contribution is 9.10. The number of alkyl halides is 2. The first-order valence-corrected chi connectivity index (χ1v) is 9.11. The number of amides is 1. The molecule has 3 rings (SSSR count). The lowest BCUT2D eigenvalue weighted by Gasteiger charge is -2.10. The zero-order chi connectivity index (χ0) is 17.8. The van der Waals surface area contributed by atoms with Crippen LogP contribution < -0.4 is 5.32 Å². The van der Waals surface area contributed by atoms with Gasteiger partial charge in [0, 0.05) is 11.0 Å². The maximum Gasteiger partial charge on any atom is 0.291 e. The molecule has 1 N–H and O–H groups in total. The van der Waals surface area contributed by atoms with Gasteiger partial charge in [-0.15, -0.1) is 0 Å². The molecule has 130 valence electrons. The number of hydrogen-bond acceptors (Lipinski definition) is 3. The fourth-order valence-corrected chi connectivity index (χ4v) is 3.47. The molecule has 0 unspecified atom stereocenters. The summed E-state index contributed by atoms with van der Waals surface area (Å²) >= 11 is 3.72. The Labute approximate surface area is 155 Å². The molecule has 0 saturated heterocycles. The van der Waals surface area contributed by atoms with Crippen LogP contribution in [0, 0.1) is 0 Å².